The maximum atomic E-state index is 16.1. The fourth-order valence-electron chi connectivity index (χ4n) is 8.50. The monoisotopic (exact) mass is 637 g/mol. The van der Waals surface area contributed by atoms with Crippen LogP contribution in [0.25, 0.3) is 6.08 Å². The number of halogens is 3. The third kappa shape index (κ3) is 5.77. The molecule has 1 aliphatic carbocycles. The number of aromatic nitrogens is 2. The molecule has 1 aromatic carbocycles. The number of alkyl halides is 2. The van der Waals surface area contributed by atoms with Gasteiger partial charge in [-0.3, -0.25) is 4.90 Å². The average Bonchev–Trinajstić information content (AvgIpc) is 3.03. The van der Waals surface area contributed by atoms with Crippen LogP contribution in [0.1, 0.15) is 93.9 Å². The van der Waals surface area contributed by atoms with Crippen LogP contribution in [-0.4, -0.2) is 57.4 Å². The van der Waals surface area contributed by atoms with E-state index in [-0.39, 0.29) is 28.1 Å². The highest BCUT2D eigenvalue weighted by atomic mass is 32.2. The number of hydrogen-bond donors (Lipinski definition) is 1. The number of hydrogen-bond acceptors (Lipinski definition) is 5. The molecule has 0 spiro atoms. The molecule has 3 saturated heterocycles. The van der Waals surface area contributed by atoms with Crippen LogP contribution in [0.5, 0.6) is 0 Å². The molecule has 7 heterocycles. The van der Waals surface area contributed by atoms with Crippen LogP contribution >= 0.6 is 10.5 Å². The lowest BCUT2D eigenvalue weighted by Crippen LogP contribution is -2.62. The molecular weight excluding hydrogens is 591 g/mol. The van der Waals surface area contributed by atoms with E-state index in [0.29, 0.717) is 24.6 Å². The summed E-state index contributed by atoms with van der Waals surface area (Å²) in [5.41, 5.74) is 2.85. The molecule has 2 aromatic rings. The molecule has 9 heteroatoms. The summed E-state index contributed by atoms with van der Waals surface area (Å²) < 4.78 is 48.3. The van der Waals surface area contributed by atoms with Crippen molar-refractivity contribution in [3.8, 4) is 0 Å². The van der Waals surface area contributed by atoms with Gasteiger partial charge in [0.05, 0.1) is 17.2 Å². The van der Waals surface area contributed by atoms with Crippen LogP contribution < -0.4 is 10.2 Å². The quantitative estimate of drug-likeness (QED) is 0.318. The van der Waals surface area contributed by atoms with Gasteiger partial charge in [0.15, 0.2) is 0 Å². The van der Waals surface area contributed by atoms with E-state index < -0.39 is 29.3 Å². The van der Waals surface area contributed by atoms with Crippen LogP contribution in [0, 0.1) is 17.7 Å². The van der Waals surface area contributed by atoms with Gasteiger partial charge in [0, 0.05) is 35.8 Å². The summed E-state index contributed by atoms with van der Waals surface area (Å²) in [6, 6.07) is 4.27. The molecule has 1 N–H and O–H groups in total. The summed E-state index contributed by atoms with van der Waals surface area (Å²) in [4.78, 5) is 14.0. The van der Waals surface area contributed by atoms with E-state index in [2.05, 4.69) is 38.6 Å². The number of rotatable bonds is 1. The molecular formula is C36H46F3N5S. The third-order valence-electron chi connectivity index (χ3n) is 11.1. The second-order valence-corrected chi connectivity index (χ2v) is 15.9. The molecule has 0 radical (unpaired) electrons. The molecule has 3 unspecified atom stereocenters. The van der Waals surface area contributed by atoms with Gasteiger partial charge in [-0.05, 0) is 87.5 Å². The van der Waals surface area contributed by atoms with E-state index >= 15 is 13.2 Å². The van der Waals surface area contributed by atoms with Crippen molar-refractivity contribution in [3.05, 3.63) is 64.9 Å². The summed E-state index contributed by atoms with van der Waals surface area (Å²) in [7, 11) is 0.219. The molecule has 5 nitrogen and oxygen atoms in total. The second kappa shape index (κ2) is 12.5. The predicted octanol–water partition coefficient (Wildman–Crippen LogP) is 8.53. The Morgan fingerprint density at radius 2 is 1.69 bits per heavy atom. The van der Waals surface area contributed by atoms with E-state index in [0.717, 1.165) is 93.0 Å². The zero-order valence-corrected chi connectivity index (χ0v) is 27.2. The minimum atomic E-state index is -3.22. The number of nitrogens with zero attached hydrogens (tertiary/aromatic N) is 4. The Hall–Kier alpha value is -2.65. The lowest BCUT2D eigenvalue weighted by molar-refractivity contribution is -0.146. The largest absolute Gasteiger partial charge is 0.363 e. The number of anilines is 2. The topological polar surface area (TPSA) is 44.3 Å². The highest BCUT2D eigenvalue weighted by Crippen LogP contribution is 2.51. The molecule has 242 valence electrons. The van der Waals surface area contributed by atoms with Crippen molar-refractivity contribution in [2.45, 2.75) is 95.2 Å². The molecule has 0 amide bonds. The van der Waals surface area contributed by atoms with Gasteiger partial charge < -0.3 is 10.2 Å². The second-order valence-electron chi connectivity index (χ2n) is 13.9. The molecule has 9 rings (SSSR count). The SMILES string of the molecule is C=C1C(C2CCS(=C)CC2)=Cc2c3ncnc2N1CCCCCCCN1C2CC1CC(C2)C(F)(F)c1cccc(c1F)C(C)N3. The Balaban J connectivity index is 1.24. The minimum absolute atomic E-state index is 0.191. The van der Waals surface area contributed by atoms with E-state index in [4.69, 9.17) is 4.98 Å². The minimum Gasteiger partial charge on any atom is -0.363 e. The van der Waals surface area contributed by atoms with Gasteiger partial charge in [0.1, 0.15) is 23.8 Å². The highest BCUT2D eigenvalue weighted by Gasteiger charge is 2.54. The van der Waals surface area contributed by atoms with E-state index in [1.807, 2.05) is 6.92 Å². The molecule has 10 bridgehead atoms. The summed E-state index contributed by atoms with van der Waals surface area (Å²) in [6.45, 7) is 8.19. The number of allylic oxidation sites excluding steroid dienone is 1. The normalized spacial score (nSPS) is 33.3. The molecule has 7 aliphatic rings. The van der Waals surface area contributed by atoms with Crippen molar-refractivity contribution in [1.82, 2.24) is 14.9 Å². The van der Waals surface area contributed by atoms with Gasteiger partial charge in [-0.25, -0.2) is 23.1 Å². The highest BCUT2D eigenvalue weighted by molar-refractivity contribution is 8.14. The van der Waals surface area contributed by atoms with Gasteiger partial charge in [0.25, 0.3) is 5.92 Å². The molecule has 3 atom stereocenters. The van der Waals surface area contributed by atoms with Crippen LogP contribution in [0.2, 0.25) is 0 Å². The van der Waals surface area contributed by atoms with Crippen LogP contribution in [-0.2, 0) is 5.92 Å². The number of nitrogens with one attached hydrogen (secondary N) is 1. The number of benzene rings is 1. The lowest BCUT2D eigenvalue weighted by Gasteiger charge is -2.56. The first kappa shape index (κ1) is 31.0. The molecule has 45 heavy (non-hydrogen) atoms. The zero-order chi connectivity index (χ0) is 31.3. The Morgan fingerprint density at radius 1 is 0.978 bits per heavy atom. The van der Waals surface area contributed by atoms with Crippen molar-refractivity contribution in [2.75, 3.05) is 34.8 Å². The smallest absolute Gasteiger partial charge is 0.278 e. The van der Waals surface area contributed by atoms with Gasteiger partial charge in [-0.15, -0.1) is 0 Å². The van der Waals surface area contributed by atoms with Gasteiger partial charge >= 0.3 is 0 Å². The maximum Gasteiger partial charge on any atom is 0.278 e. The number of fused-ring (bicyclic) bond motifs is 7. The molecule has 4 fully saturated rings. The summed E-state index contributed by atoms with van der Waals surface area (Å²) in [5.74, 6) is 3.47. The third-order valence-corrected chi connectivity index (χ3v) is 12.8. The Kier molecular flexibility index (Phi) is 8.61. The van der Waals surface area contributed by atoms with E-state index in [1.54, 1.807) is 12.1 Å². The van der Waals surface area contributed by atoms with E-state index in [9.17, 15) is 0 Å². The maximum absolute atomic E-state index is 16.1. The molecule has 6 aliphatic heterocycles. The zero-order valence-electron chi connectivity index (χ0n) is 26.4. The first-order valence-corrected chi connectivity index (χ1v) is 18.6. The van der Waals surface area contributed by atoms with Crippen molar-refractivity contribution in [3.63, 3.8) is 0 Å². The van der Waals surface area contributed by atoms with Crippen LogP contribution in [0.3, 0.4) is 0 Å². The first-order valence-electron chi connectivity index (χ1n) is 16.9. The molecule has 1 aromatic heterocycles. The first-order chi connectivity index (χ1) is 21.7. The number of piperidine rings is 1. The fraction of sp³-hybridized carbons (Fsp3) is 0.583. The predicted molar refractivity (Wildman–Crippen MR) is 181 cm³/mol. The van der Waals surface area contributed by atoms with Crippen molar-refractivity contribution in [1.29, 1.82) is 0 Å². The molecule has 1 saturated carbocycles. The standard InChI is InChI=1S/C36H46F3N5S/c1-23-29-10-9-11-32(33(29)37)36(38,39)26-18-27-20-28(19-26)44(27)15-8-6-4-5-7-14-43-24(2)30(25-12-16-45(3)17-13-25)21-31-34(42-23)40-22-41-35(31)43/h9-11,21-23,25-28H,2-8,12-20H2,1H3,(H,40,41,42). The Labute approximate surface area is 268 Å². The van der Waals surface area contributed by atoms with Gasteiger partial charge in [-0.2, -0.15) is 10.5 Å². The van der Waals surface area contributed by atoms with Crippen molar-refractivity contribution in [2.24, 2.45) is 11.8 Å². The Morgan fingerprint density at radius 3 is 2.44 bits per heavy atom. The summed E-state index contributed by atoms with van der Waals surface area (Å²) >= 11 is 0. The average molecular weight is 638 g/mol. The summed E-state index contributed by atoms with van der Waals surface area (Å²) in [6.07, 6.45) is 13.3. The Bertz CT molecular complexity index is 1490. The van der Waals surface area contributed by atoms with Gasteiger partial charge in [-0.1, -0.05) is 49.9 Å². The van der Waals surface area contributed by atoms with Gasteiger partial charge in [0.2, 0.25) is 0 Å². The van der Waals surface area contributed by atoms with Crippen LogP contribution in [0.15, 0.2) is 42.4 Å². The van der Waals surface area contributed by atoms with E-state index in [1.165, 1.54) is 18.0 Å². The lowest BCUT2D eigenvalue weighted by atomic mass is 9.70. The summed E-state index contributed by atoms with van der Waals surface area (Å²) in [5, 5.41) is 3.40. The van der Waals surface area contributed by atoms with Crippen LogP contribution in [0.4, 0.5) is 24.8 Å². The van der Waals surface area contributed by atoms with Crippen molar-refractivity contribution >= 4 is 34.1 Å². The fourth-order valence-corrected chi connectivity index (χ4v) is 9.94. The van der Waals surface area contributed by atoms with Crippen molar-refractivity contribution < 1.29 is 13.2 Å².